The van der Waals surface area contributed by atoms with E-state index in [0.717, 1.165) is 5.69 Å². The highest BCUT2D eigenvalue weighted by atomic mass is 16.1. The lowest BCUT2D eigenvalue weighted by molar-refractivity contribution is 0.103. The normalized spacial score (nSPS) is 10.9. The number of imidazole rings is 1. The second-order valence-corrected chi connectivity index (χ2v) is 4.46. The fourth-order valence-corrected chi connectivity index (χ4v) is 1.75. The first-order valence-electron chi connectivity index (χ1n) is 6.03. The first-order chi connectivity index (χ1) is 9.61. The van der Waals surface area contributed by atoms with Gasteiger partial charge in [-0.25, -0.2) is 4.98 Å². The summed E-state index contributed by atoms with van der Waals surface area (Å²) in [5.41, 5.74) is 1.52. The predicted octanol–water partition coefficient (Wildman–Crippen LogP) is 2.02. The van der Waals surface area contributed by atoms with E-state index in [1.165, 1.54) is 6.20 Å². The molecule has 0 unspecified atom stereocenters. The molecule has 0 N–H and O–H groups in total. The minimum atomic E-state index is -0.279. The van der Waals surface area contributed by atoms with Crippen molar-refractivity contribution < 1.29 is 4.79 Å². The van der Waals surface area contributed by atoms with Gasteiger partial charge in [-0.15, -0.1) is 0 Å². The highest BCUT2D eigenvalue weighted by Gasteiger charge is 2.12. The molecule has 0 spiro atoms. The second kappa shape index (κ2) is 5.85. The molecule has 0 saturated heterocycles. The van der Waals surface area contributed by atoms with Gasteiger partial charge in [0.15, 0.2) is 0 Å². The Morgan fingerprint density at radius 1 is 1.35 bits per heavy atom. The number of hydrogen-bond donors (Lipinski definition) is 0. The third kappa shape index (κ3) is 2.93. The van der Waals surface area contributed by atoms with Gasteiger partial charge in [-0.3, -0.25) is 4.79 Å². The number of carbonyl (C=O) groups excluding carboxylic acids is 1. The number of hydrogen-bond acceptors (Lipinski definition) is 4. The summed E-state index contributed by atoms with van der Waals surface area (Å²) >= 11 is 0. The zero-order chi connectivity index (χ0) is 14.5. The number of benzene rings is 1. The number of ketones is 1. The summed E-state index contributed by atoms with van der Waals surface area (Å²) in [5, 5.41) is 9.03. The molecule has 0 atom stereocenters. The van der Waals surface area contributed by atoms with Crippen molar-refractivity contribution in [2.75, 3.05) is 14.1 Å². The molecular weight excluding hydrogens is 252 g/mol. The van der Waals surface area contributed by atoms with Crippen LogP contribution in [-0.2, 0) is 0 Å². The molecule has 1 aromatic carbocycles. The Morgan fingerprint density at radius 3 is 2.55 bits per heavy atom. The monoisotopic (exact) mass is 266 g/mol. The third-order valence-electron chi connectivity index (χ3n) is 2.68. The Labute approximate surface area is 117 Å². The smallest absolute Gasteiger partial charge is 0.205 e. The highest BCUT2D eigenvalue weighted by Crippen LogP contribution is 2.13. The van der Waals surface area contributed by atoms with E-state index >= 15 is 0 Å². The summed E-state index contributed by atoms with van der Waals surface area (Å²) < 4.78 is 1.84. The fraction of sp³-hybridized carbons (Fsp3) is 0.133. The van der Waals surface area contributed by atoms with Gasteiger partial charge in [-0.2, -0.15) is 5.26 Å². The average molecular weight is 266 g/mol. The van der Waals surface area contributed by atoms with Gasteiger partial charge in [0.2, 0.25) is 5.78 Å². The van der Waals surface area contributed by atoms with E-state index in [4.69, 9.17) is 5.26 Å². The van der Waals surface area contributed by atoms with Crippen LogP contribution in [0, 0.1) is 11.3 Å². The van der Waals surface area contributed by atoms with E-state index in [1.807, 2.05) is 29.0 Å². The summed E-state index contributed by atoms with van der Waals surface area (Å²) in [6.45, 7) is 0. The third-order valence-corrected chi connectivity index (χ3v) is 2.68. The molecule has 2 rings (SSSR count). The van der Waals surface area contributed by atoms with Crippen molar-refractivity contribution in [3.8, 4) is 11.8 Å². The van der Waals surface area contributed by atoms with E-state index in [2.05, 4.69) is 4.98 Å². The molecule has 5 nitrogen and oxygen atoms in total. The van der Waals surface area contributed by atoms with Crippen molar-refractivity contribution in [2.45, 2.75) is 0 Å². The molecule has 0 amide bonds. The molecule has 0 radical (unpaired) electrons. The van der Waals surface area contributed by atoms with Crippen LogP contribution in [0.4, 0.5) is 0 Å². The van der Waals surface area contributed by atoms with Crippen LogP contribution in [0.15, 0.2) is 54.8 Å². The van der Waals surface area contributed by atoms with E-state index in [9.17, 15) is 4.79 Å². The molecular formula is C15H14N4O. The van der Waals surface area contributed by atoms with Crippen molar-refractivity contribution in [3.05, 3.63) is 60.3 Å². The molecule has 0 bridgehead atoms. The maximum absolute atomic E-state index is 12.2. The van der Waals surface area contributed by atoms with Gasteiger partial charge in [-0.1, -0.05) is 0 Å². The van der Waals surface area contributed by atoms with Gasteiger partial charge in [-0.05, 0) is 24.3 Å². The molecule has 0 aliphatic heterocycles. The Bertz CT molecular complexity index is 661. The number of carbonyl (C=O) groups is 1. The second-order valence-electron chi connectivity index (χ2n) is 4.46. The van der Waals surface area contributed by atoms with Gasteiger partial charge < -0.3 is 9.47 Å². The van der Waals surface area contributed by atoms with Crippen molar-refractivity contribution >= 4 is 5.78 Å². The topological polar surface area (TPSA) is 61.9 Å². The Hall–Kier alpha value is -2.87. The van der Waals surface area contributed by atoms with Crippen LogP contribution in [0.5, 0.6) is 0 Å². The van der Waals surface area contributed by atoms with Crippen LogP contribution < -0.4 is 0 Å². The largest absolute Gasteiger partial charge is 0.382 e. The first-order valence-corrected chi connectivity index (χ1v) is 6.03. The maximum atomic E-state index is 12.2. The van der Waals surface area contributed by atoms with Gasteiger partial charge in [0, 0.05) is 43.9 Å². The van der Waals surface area contributed by atoms with Gasteiger partial charge in [0.1, 0.15) is 11.6 Å². The summed E-state index contributed by atoms with van der Waals surface area (Å²) in [5.74, 6) is -0.279. The van der Waals surface area contributed by atoms with E-state index < -0.39 is 0 Å². The van der Waals surface area contributed by atoms with Crippen LogP contribution in [0.2, 0.25) is 0 Å². The summed E-state index contributed by atoms with van der Waals surface area (Å²) in [7, 11) is 3.54. The lowest BCUT2D eigenvalue weighted by Crippen LogP contribution is -2.09. The standard InChI is InChI=1S/C15H14N4O/c1-18(2)10-13(9-16)15(20)12-3-5-14(6-4-12)19-8-7-17-11-19/h3-8,10-11H,1-2H3. The van der Waals surface area contributed by atoms with E-state index in [0.29, 0.717) is 5.56 Å². The van der Waals surface area contributed by atoms with E-state index in [1.54, 1.807) is 43.7 Å². The number of aromatic nitrogens is 2. The Kier molecular flexibility index (Phi) is 3.96. The fourth-order valence-electron chi connectivity index (χ4n) is 1.75. The molecule has 0 aliphatic rings. The molecule has 2 aromatic rings. The molecule has 0 aliphatic carbocycles. The minimum absolute atomic E-state index is 0.116. The van der Waals surface area contributed by atoms with Crippen molar-refractivity contribution in [1.29, 1.82) is 5.26 Å². The molecule has 5 heteroatoms. The van der Waals surface area contributed by atoms with Crippen LogP contribution >= 0.6 is 0 Å². The highest BCUT2D eigenvalue weighted by molar-refractivity contribution is 6.11. The number of allylic oxidation sites excluding steroid dienone is 1. The summed E-state index contributed by atoms with van der Waals surface area (Å²) in [6, 6.07) is 8.98. The lowest BCUT2D eigenvalue weighted by Gasteiger charge is -2.07. The molecule has 0 saturated carbocycles. The zero-order valence-electron chi connectivity index (χ0n) is 11.3. The Balaban J connectivity index is 2.26. The van der Waals surface area contributed by atoms with Crippen LogP contribution in [0.25, 0.3) is 5.69 Å². The molecule has 0 fully saturated rings. The quantitative estimate of drug-likeness (QED) is 0.482. The summed E-state index contributed by atoms with van der Waals surface area (Å²) in [4.78, 5) is 17.8. The maximum Gasteiger partial charge on any atom is 0.205 e. The lowest BCUT2D eigenvalue weighted by atomic mass is 10.0. The molecule has 20 heavy (non-hydrogen) atoms. The van der Waals surface area contributed by atoms with Crippen molar-refractivity contribution in [2.24, 2.45) is 0 Å². The van der Waals surface area contributed by atoms with Crippen LogP contribution in [-0.4, -0.2) is 34.3 Å². The average Bonchev–Trinajstić information content (AvgIpc) is 2.98. The van der Waals surface area contributed by atoms with Crippen LogP contribution in [0.1, 0.15) is 10.4 Å². The van der Waals surface area contributed by atoms with Crippen molar-refractivity contribution in [3.63, 3.8) is 0 Å². The van der Waals surface area contributed by atoms with Gasteiger partial charge in [0.05, 0.1) is 6.33 Å². The zero-order valence-corrected chi connectivity index (χ0v) is 11.3. The van der Waals surface area contributed by atoms with Crippen molar-refractivity contribution in [1.82, 2.24) is 14.5 Å². The number of nitriles is 1. The van der Waals surface area contributed by atoms with E-state index in [-0.39, 0.29) is 11.4 Å². The molecule has 1 aromatic heterocycles. The SMILES string of the molecule is CN(C)C=C(C#N)C(=O)c1ccc(-n2ccnc2)cc1. The van der Waals surface area contributed by atoms with Crippen LogP contribution in [0.3, 0.4) is 0 Å². The molecule has 1 heterocycles. The summed E-state index contributed by atoms with van der Waals surface area (Å²) in [6.07, 6.45) is 6.71. The Morgan fingerprint density at radius 2 is 2.05 bits per heavy atom. The number of Topliss-reactive ketones (excluding diaryl/α,β-unsaturated/α-hetero) is 1. The van der Waals surface area contributed by atoms with Gasteiger partial charge >= 0.3 is 0 Å². The van der Waals surface area contributed by atoms with Gasteiger partial charge in [0.25, 0.3) is 0 Å². The minimum Gasteiger partial charge on any atom is -0.382 e. The molecule has 100 valence electrons. The first kappa shape index (κ1) is 13.6. The number of nitrogens with zero attached hydrogens (tertiary/aromatic N) is 4. The number of rotatable bonds is 4. The predicted molar refractivity (Wildman–Crippen MR) is 75.3 cm³/mol.